The van der Waals surface area contributed by atoms with Crippen LogP contribution in [0.2, 0.25) is 0 Å². The molecule has 0 fully saturated rings. The molecule has 218 valence electrons. The lowest BCUT2D eigenvalue weighted by Gasteiger charge is -2.37. The topological polar surface area (TPSA) is 83.1 Å². The van der Waals surface area contributed by atoms with E-state index in [1.165, 1.54) is 0 Å². The van der Waals surface area contributed by atoms with Gasteiger partial charge in [0.25, 0.3) is 0 Å². The van der Waals surface area contributed by atoms with Gasteiger partial charge in [0.1, 0.15) is 12.4 Å². The molecule has 1 N–H and O–H groups in total. The average Bonchev–Trinajstić information content (AvgIpc) is 3.02. The molecule has 0 spiro atoms. The van der Waals surface area contributed by atoms with Gasteiger partial charge in [-0.25, -0.2) is 4.79 Å². The number of carbonyl (C=O) groups is 2. The van der Waals surface area contributed by atoms with E-state index < -0.39 is 11.9 Å². The minimum atomic E-state index is -0.591. The number of rotatable bonds is 10. The van der Waals surface area contributed by atoms with Gasteiger partial charge in [0, 0.05) is 29.3 Å². The van der Waals surface area contributed by atoms with E-state index in [1.807, 2.05) is 86.6 Å². The Kier molecular flexibility index (Phi) is 8.96. The lowest BCUT2D eigenvalue weighted by Crippen LogP contribution is -2.36. The van der Waals surface area contributed by atoms with Crippen LogP contribution in [0.4, 0.5) is 0 Å². The molecule has 0 saturated carbocycles. The SMILES string of the molecule is CCCOC(=O)C1=C(C)NC2=C(C(=O)C[C@@H](c3ccc(OC)cc3)C2)[C@@H]1c1ccc(OCc2ccccc2)c(OC)c1. The van der Waals surface area contributed by atoms with Crippen LogP contribution in [0, 0.1) is 0 Å². The highest BCUT2D eigenvalue weighted by atomic mass is 16.5. The van der Waals surface area contributed by atoms with Crippen molar-refractivity contribution >= 4 is 11.8 Å². The molecule has 0 saturated heterocycles. The molecule has 3 aromatic carbocycles. The molecule has 1 heterocycles. The summed E-state index contributed by atoms with van der Waals surface area (Å²) in [6, 6.07) is 23.4. The largest absolute Gasteiger partial charge is 0.497 e. The number of carbonyl (C=O) groups excluding carboxylic acids is 2. The molecule has 0 aromatic heterocycles. The number of dihydropyridines is 1. The first-order chi connectivity index (χ1) is 20.4. The fourth-order valence-corrected chi connectivity index (χ4v) is 5.75. The minimum absolute atomic E-state index is 0.00577. The van der Waals surface area contributed by atoms with Crippen molar-refractivity contribution in [1.82, 2.24) is 5.32 Å². The van der Waals surface area contributed by atoms with Gasteiger partial charge in [0.2, 0.25) is 0 Å². The number of benzene rings is 3. The smallest absolute Gasteiger partial charge is 0.336 e. The third-order valence-electron chi connectivity index (χ3n) is 7.83. The summed E-state index contributed by atoms with van der Waals surface area (Å²) in [4.78, 5) is 27.4. The van der Waals surface area contributed by atoms with Crippen LogP contribution in [0.15, 0.2) is 95.3 Å². The Balaban J connectivity index is 1.51. The average molecular weight is 568 g/mol. The molecule has 42 heavy (non-hydrogen) atoms. The summed E-state index contributed by atoms with van der Waals surface area (Å²) in [6.07, 6.45) is 1.69. The van der Waals surface area contributed by atoms with Crippen LogP contribution in [0.25, 0.3) is 0 Å². The Morgan fingerprint density at radius 2 is 1.64 bits per heavy atom. The van der Waals surface area contributed by atoms with Gasteiger partial charge >= 0.3 is 5.97 Å². The number of Topliss-reactive ketones (excluding diaryl/α,β-unsaturated/α-hetero) is 1. The van der Waals surface area contributed by atoms with E-state index in [-0.39, 0.29) is 11.7 Å². The maximum atomic E-state index is 13.9. The van der Waals surface area contributed by atoms with Gasteiger partial charge in [-0.1, -0.05) is 55.5 Å². The molecule has 7 heteroatoms. The van der Waals surface area contributed by atoms with Gasteiger partial charge < -0.3 is 24.3 Å². The van der Waals surface area contributed by atoms with Crippen molar-refractivity contribution in [3.05, 3.63) is 112 Å². The highest BCUT2D eigenvalue weighted by molar-refractivity contribution is 6.04. The predicted molar refractivity (Wildman–Crippen MR) is 161 cm³/mol. The van der Waals surface area contributed by atoms with Crippen LogP contribution >= 0.6 is 0 Å². The van der Waals surface area contributed by atoms with Crippen molar-refractivity contribution in [1.29, 1.82) is 0 Å². The molecule has 1 aliphatic heterocycles. The maximum Gasteiger partial charge on any atom is 0.336 e. The summed E-state index contributed by atoms with van der Waals surface area (Å²) >= 11 is 0. The second-order valence-corrected chi connectivity index (χ2v) is 10.6. The summed E-state index contributed by atoms with van der Waals surface area (Å²) in [7, 11) is 3.22. The molecule has 0 amide bonds. The number of allylic oxidation sites excluding steroid dienone is 3. The van der Waals surface area contributed by atoms with E-state index in [4.69, 9.17) is 18.9 Å². The van der Waals surface area contributed by atoms with Gasteiger partial charge in [0.15, 0.2) is 17.3 Å². The number of methoxy groups -OCH3 is 2. The van der Waals surface area contributed by atoms with Gasteiger partial charge in [-0.2, -0.15) is 0 Å². The van der Waals surface area contributed by atoms with Crippen LogP contribution in [0.3, 0.4) is 0 Å². The van der Waals surface area contributed by atoms with E-state index in [9.17, 15) is 9.59 Å². The summed E-state index contributed by atoms with van der Waals surface area (Å²) in [6.45, 7) is 4.51. The Morgan fingerprint density at radius 3 is 2.33 bits per heavy atom. The van der Waals surface area contributed by atoms with Crippen LogP contribution < -0.4 is 19.5 Å². The quantitative estimate of drug-likeness (QED) is 0.277. The number of nitrogens with one attached hydrogen (secondary N) is 1. The standard InChI is InChI=1S/C35H37NO6/c1-5-17-41-35(38)32-22(2)36-28-18-26(24-11-14-27(39-3)15-12-24)19-29(37)34(28)33(32)25-13-16-30(31(20-25)40-4)42-21-23-9-7-6-8-10-23/h6-16,20,26,33,36H,5,17-19,21H2,1-4H3/t26-,33+/m0/s1. The first kappa shape index (κ1) is 29.0. The first-order valence-electron chi connectivity index (χ1n) is 14.3. The van der Waals surface area contributed by atoms with Crippen molar-refractivity contribution < 1.29 is 28.5 Å². The molecule has 0 bridgehead atoms. The van der Waals surface area contributed by atoms with Crippen molar-refractivity contribution in [3.63, 3.8) is 0 Å². The Morgan fingerprint density at radius 1 is 0.905 bits per heavy atom. The van der Waals surface area contributed by atoms with Crippen LogP contribution in [0.1, 0.15) is 61.6 Å². The Hall–Kier alpha value is -4.52. The van der Waals surface area contributed by atoms with E-state index in [2.05, 4.69) is 5.32 Å². The molecule has 0 radical (unpaired) electrons. The number of hydrogen-bond acceptors (Lipinski definition) is 7. The Bertz CT molecular complexity index is 1510. The molecule has 0 unspecified atom stereocenters. The van der Waals surface area contributed by atoms with E-state index in [0.717, 1.165) is 28.1 Å². The van der Waals surface area contributed by atoms with Crippen LogP contribution in [-0.4, -0.2) is 32.6 Å². The van der Waals surface area contributed by atoms with Crippen LogP contribution in [-0.2, 0) is 20.9 Å². The fourth-order valence-electron chi connectivity index (χ4n) is 5.75. The molecule has 1 aliphatic carbocycles. The molecule has 5 rings (SSSR count). The molecular weight excluding hydrogens is 530 g/mol. The van der Waals surface area contributed by atoms with Crippen molar-refractivity contribution in [2.75, 3.05) is 20.8 Å². The van der Waals surface area contributed by atoms with Gasteiger partial charge in [-0.3, -0.25) is 4.79 Å². The lowest BCUT2D eigenvalue weighted by molar-refractivity contribution is -0.139. The number of ether oxygens (including phenoxy) is 4. The fraction of sp³-hybridized carbons (Fsp3) is 0.314. The predicted octanol–water partition coefficient (Wildman–Crippen LogP) is 6.60. The van der Waals surface area contributed by atoms with E-state index >= 15 is 0 Å². The highest BCUT2D eigenvalue weighted by Gasteiger charge is 2.41. The first-order valence-corrected chi connectivity index (χ1v) is 14.3. The van der Waals surface area contributed by atoms with E-state index in [0.29, 0.717) is 60.8 Å². The van der Waals surface area contributed by atoms with Gasteiger partial charge in [-0.15, -0.1) is 0 Å². The molecule has 2 atom stereocenters. The second kappa shape index (κ2) is 13.0. The summed E-state index contributed by atoms with van der Waals surface area (Å²) in [5, 5.41) is 3.41. The number of ketones is 1. The third-order valence-corrected chi connectivity index (χ3v) is 7.83. The Labute approximate surface area is 247 Å². The van der Waals surface area contributed by atoms with Gasteiger partial charge in [-0.05, 0) is 66.6 Å². The van der Waals surface area contributed by atoms with Crippen molar-refractivity contribution in [3.8, 4) is 17.2 Å². The van der Waals surface area contributed by atoms with Gasteiger partial charge in [0.05, 0.1) is 26.4 Å². The molecular formula is C35H37NO6. The normalized spacial score (nSPS) is 18.2. The molecule has 3 aromatic rings. The maximum absolute atomic E-state index is 13.9. The van der Waals surface area contributed by atoms with Crippen LogP contribution in [0.5, 0.6) is 17.2 Å². The minimum Gasteiger partial charge on any atom is -0.497 e. The number of esters is 1. The second-order valence-electron chi connectivity index (χ2n) is 10.6. The highest BCUT2D eigenvalue weighted by Crippen LogP contribution is 2.47. The van der Waals surface area contributed by atoms with Crippen molar-refractivity contribution in [2.45, 2.75) is 51.6 Å². The number of hydrogen-bond donors (Lipinski definition) is 1. The summed E-state index contributed by atoms with van der Waals surface area (Å²) in [5.41, 5.74) is 5.46. The van der Waals surface area contributed by atoms with Crippen molar-refractivity contribution in [2.24, 2.45) is 0 Å². The third kappa shape index (κ3) is 6.05. The zero-order valence-electron chi connectivity index (χ0n) is 24.6. The van der Waals surface area contributed by atoms with E-state index in [1.54, 1.807) is 14.2 Å². The summed E-state index contributed by atoms with van der Waals surface area (Å²) < 4.78 is 22.7. The molecule has 2 aliphatic rings. The summed E-state index contributed by atoms with van der Waals surface area (Å²) in [5.74, 6) is 0.891. The monoisotopic (exact) mass is 567 g/mol. The molecule has 7 nitrogen and oxygen atoms in total. The zero-order chi connectivity index (χ0) is 29.6. The zero-order valence-corrected chi connectivity index (χ0v) is 24.6. The lowest BCUT2D eigenvalue weighted by atomic mass is 9.71.